The molecule has 0 aliphatic carbocycles. The van der Waals surface area contributed by atoms with Crippen LogP contribution in [0.3, 0.4) is 0 Å². The second-order valence-electron chi connectivity index (χ2n) is 5.78. The Labute approximate surface area is 140 Å². The summed E-state index contributed by atoms with van der Waals surface area (Å²) in [6, 6.07) is 5.35. The summed E-state index contributed by atoms with van der Waals surface area (Å²) < 4.78 is 24.3. The molecule has 0 aliphatic rings. The fourth-order valence-corrected chi connectivity index (χ4v) is 2.29. The largest absolute Gasteiger partial charge is 0.496 e. The van der Waals surface area contributed by atoms with Crippen LogP contribution in [0.25, 0.3) is 0 Å². The highest BCUT2D eigenvalue weighted by atomic mass is 19.1. The van der Waals surface area contributed by atoms with Crippen molar-refractivity contribution in [1.82, 2.24) is 15.8 Å². The number of urea groups is 1. The Morgan fingerprint density at radius 2 is 2.12 bits per heavy atom. The molecule has 2 N–H and O–H groups in total. The molecule has 1 aromatic heterocycles. The molecule has 0 fully saturated rings. The summed E-state index contributed by atoms with van der Waals surface area (Å²) >= 11 is 0. The lowest BCUT2D eigenvalue weighted by atomic mass is 10.1. The molecular weight excluding hydrogens is 313 g/mol. The van der Waals surface area contributed by atoms with Crippen LogP contribution in [0.1, 0.15) is 49.7 Å². The van der Waals surface area contributed by atoms with Crippen molar-refractivity contribution < 1.29 is 18.4 Å². The highest BCUT2D eigenvalue weighted by Gasteiger charge is 2.18. The van der Waals surface area contributed by atoms with Crippen molar-refractivity contribution in [2.45, 2.75) is 39.3 Å². The van der Waals surface area contributed by atoms with Crippen molar-refractivity contribution in [3.63, 3.8) is 0 Å². The molecule has 0 saturated heterocycles. The molecule has 24 heavy (non-hydrogen) atoms. The third-order valence-corrected chi connectivity index (χ3v) is 3.61. The molecular formula is C17H22FN3O3. The van der Waals surface area contributed by atoms with E-state index in [2.05, 4.69) is 15.8 Å². The molecule has 0 bridgehead atoms. The van der Waals surface area contributed by atoms with E-state index in [-0.39, 0.29) is 12.5 Å². The van der Waals surface area contributed by atoms with E-state index in [1.165, 1.54) is 13.2 Å². The first-order valence-electron chi connectivity index (χ1n) is 7.74. The molecule has 7 heteroatoms. The van der Waals surface area contributed by atoms with Crippen LogP contribution in [0, 0.1) is 5.82 Å². The molecule has 2 rings (SSSR count). The molecule has 0 unspecified atom stereocenters. The topological polar surface area (TPSA) is 76.4 Å². The van der Waals surface area contributed by atoms with Gasteiger partial charge in [-0.1, -0.05) is 25.1 Å². The summed E-state index contributed by atoms with van der Waals surface area (Å²) in [7, 11) is 1.46. The van der Waals surface area contributed by atoms with E-state index in [4.69, 9.17) is 9.26 Å². The van der Waals surface area contributed by atoms with Gasteiger partial charge in [0.05, 0.1) is 31.0 Å². The van der Waals surface area contributed by atoms with Crippen molar-refractivity contribution in [2.24, 2.45) is 0 Å². The molecule has 0 aliphatic heterocycles. The first-order valence-corrected chi connectivity index (χ1v) is 7.74. The number of nitrogens with one attached hydrogen (secondary N) is 2. The van der Waals surface area contributed by atoms with Crippen LogP contribution in [-0.2, 0) is 6.54 Å². The zero-order valence-electron chi connectivity index (χ0n) is 14.2. The predicted octanol–water partition coefficient (Wildman–Crippen LogP) is 3.51. The molecule has 1 aromatic carbocycles. The lowest BCUT2D eigenvalue weighted by Crippen LogP contribution is -2.37. The minimum atomic E-state index is -0.554. The van der Waals surface area contributed by atoms with Crippen LogP contribution in [0.15, 0.2) is 28.8 Å². The fraction of sp³-hybridized carbons (Fsp3) is 0.412. The van der Waals surface area contributed by atoms with Gasteiger partial charge in [0.2, 0.25) is 0 Å². The number of halogens is 1. The van der Waals surface area contributed by atoms with E-state index in [1.807, 2.05) is 13.8 Å². The maximum Gasteiger partial charge on any atom is 0.315 e. The average Bonchev–Trinajstić information content (AvgIpc) is 3.01. The Balaban J connectivity index is 1.94. The Hall–Kier alpha value is -2.57. The summed E-state index contributed by atoms with van der Waals surface area (Å²) in [6.07, 6.45) is 0. The minimum Gasteiger partial charge on any atom is -0.496 e. The SMILES string of the molecule is COc1cccc(F)c1[C@@H](C)NC(=O)NCc1cc(C(C)C)no1. The van der Waals surface area contributed by atoms with Gasteiger partial charge in [-0.05, 0) is 25.0 Å². The molecule has 1 heterocycles. The molecule has 2 amide bonds. The Kier molecular flexibility index (Phi) is 5.78. The van der Waals surface area contributed by atoms with Gasteiger partial charge in [-0.3, -0.25) is 0 Å². The van der Waals surface area contributed by atoms with Crippen LogP contribution in [0.4, 0.5) is 9.18 Å². The Morgan fingerprint density at radius 3 is 2.75 bits per heavy atom. The molecule has 6 nitrogen and oxygen atoms in total. The second kappa shape index (κ2) is 7.81. The van der Waals surface area contributed by atoms with E-state index in [0.29, 0.717) is 17.1 Å². The van der Waals surface area contributed by atoms with Crippen LogP contribution in [0.5, 0.6) is 5.75 Å². The quantitative estimate of drug-likeness (QED) is 0.847. The summed E-state index contributed by atoms with van der Waals surface area (Å²) in [5.74, 6) is 0.772. The number of ether oxygens (including phenoxy) is 1. The maximum absolute atomic E-state index is 14.0. The number of benzene rings is 1. The minimum absolute atomic E-state index is 0.201. The zero-order chi connectivity index (χ0) is 17.7. The van der Waals surface area contributed by atoms with Gasteiger partial charge >= 0.3 is 6.03 Å². The summed E-state index contributed by atoms with van der Waals surface area (Å²) in [6.45, 7) is 5.90. The van der Waals surface area contributed by atoms with Gasteiger partial charge in [-0.15, -0.1) is 0 Å². The molecule has 1 atom stereocenters. The van der Waals surface area contributed by atoms with Gasteiger partial charge in [0.1, 0.15) is 11.6 Å². The lowest BCUT2D eigenvalue weighted by Gasteiger charge is -2.18. The van der Waals surface area contributed by atoms with E-state index < -0.39 is 17.9 Å². The highest BCUT2D eigenvalue weighted by Crippen LogP contribution is 2.27. The number of hydrogen-bond acceptors (Lipinski definition) is 4. The smallest absolute Gasteiger partial charge is 0.315 e. The van der Waals surface area contributed by atoms with E-state index in [1.54, 1.807) is 25.1 Å². The number of nitrogens with zero attached hydrogens (tertiary/aromatic N) is 1. The van der Waals surface area contributed by atoms with E-state index in [0.717, 1.165) is 5.69 Å². The fourth-order valence-electron chi connectivity index (χ4n) is 2.29. The number of amides is 2. The second-order valence-corrected chi connectivity index (χ2v) is 5.78. The molecule has 130 valence electrons. The van der Waals surface area contributed by atoms with Crippen LogP contribution < -0.4 is 15.4 Å². The van der Waals surface area contributed by atoms with Crippen molar-refractivity contribution in [3.05, 3.63) is 47.1 Å². The standard InChI is InChI=1S/C17H22FN3O3/c1-10(2)14-8-12(24-21-14)9-19-17(22)20-11(3)16-13(18)6-5-7-15(16)23-4/h5-8,10-11H,9H2,1-4H3,(H2,19,20,22)/t11-/m1/s1. The number of carbonyl (C=O) groups is 1. The number of hydrogen-bond donors (Lipinski definition) is 2. The lowest BCUT2D eigenvalue weighted by molar-refractivity contribution is 0.235. The van der Waals surface area contributed by atoms with Crippen molar-refractivity contribution in [2.75, 3.05) is 7.11 Å². The van der Waals surface area contributed by atoms with Gasteiger partial charge in [-0.25, -0.2) is 9.18 Å². The molecule has 0 radical (unpaired) electrons. The van der Waals surface area contributed by atoms with Crippen LogP contribution in [0.2, 0.25) is 0 Å². The highest BCUT2D eigenvalue weighted by molar-refractivity contribution is 5.74. The average molecular weight is 335 g/mol. The number of methoxy groups -OCH3 is 1. The maximum atomic E-state index is 14.0. The van der Waals surface area contributed by atoms with Crippen molar-refractivity contribution in [3.8, 4) is 5.75 Å². The molecule has 2 aromatic rings. The van der Waals surface area contributed by atoms with Gasteiger partial charge in [0, 0.05) is 6.07 Å². The van der Waals surface area contributed by atoms with Crippen LogP contribution in [-0.4, -0.2) is 18.3 Å². The van der Waals surface area contributed by atoms with Gasteiger partial charge < -0.3 is 19.9 Å². The summed E-state index contributed by atoms with van der Waals surface area (Å²) in [5.41, 5.74) is 1.13. The number of carbonyl (C=O) groups excluding carboxylic acids is 1. The summed E-state index contributed by atoms with van der Waals surface area (Å²) in [5, 5.41) is 9.26. The number of rotatable bonds is 6. The predicted molar refractivity (Wildman–Crippen MR) is 87.3 cm³/mol. The van der Waals surface area contributed by atoms with E-state index >= 15 is 0 Å². The Morgan fingerprint density at radius 1 is 1.38 bits per heavy atom. The monoisotopic (exact) mass is 335 g/mol. The van der Waals surface area contributed by atoms with Gasteiger partial charge in [0.15, 0.2) is 5.76 Å². The van der Waals surface area contributed by atoms with Crippen molar-refractivity contribution in [1.29, 1.82) is 0 Å². The third kappa shape index (κ3) is 4.24. The van der Waals surface area contributed by atoms with Gasteiger partial charge in [-0.2, -0.15) is 0 Å². The first-order chi connectivity index (χ1) is 11.4. The first kappa shape index (κ1) is 17.8. The Bertz CT molecular complexity index is 700. The molecule has 0 saturated carbocycles. The summed E-state index contributed by atoms with van der Waals surface area (Å²) in [4.78, 5) is 12.0. The normalized spacial score (nSPS) is 12.1. The van der Waals surface area contributed by atoms with Crippen molar-refractivity contribution >= 4 is 6.03 Å². The number of aromatic nitrogens is 1. The molecule has 0 spiro atoms. The zero-order valence-corrected chi connectivity index (χ0v) is 14.2. The van der Waals surface area contributed by atoms with E-state index in [9.17, 15) is 9.18 Å². The van der Waals surface area contributed by atoms with Crippen LogP contribution >= 0.6 is 0 Å². The van der Waals surface area contributed by atoms with Gasteiger partial charge in [0.25, 0.3) is 0 Å². The third-order valence-electron chi connectivity index (χ3n) is 3.61.